The van der Waals surface area contributed by atoms with Crippen LogP contribution in [0.2, 0.25) is 0 Å². The number of hydrogen-bond donors (Lipinski definition) is 0. The van der Waals surface area contributed by atoms with E-state index in [1.807, 2.05) is 0 Å². The molecule has 0 bridgehead atoms. The standard InChI is InChI=1S/C6H10O/c1-2-5-7-6-3-4-6/h2,6H,1,3-5H2. The van der Waals surface area contributed by atoms with E-state index < -0.39 is 0 Å². The van der Waals surface area contributed by atoms with E-state index in [4.69, 9.17) is 4.74 Å². The minimum atomic E-state index is 0.581. The SMILES string of the molecule is C=CCOC1CC1. The van der Waals surface area contributed by atoms with Crippen molar-refractivity contribution >= 4 is 0 Å². The summed E-state index contributed by atoms with van der Waals surface area (Å²) in [5.74, 6) is 0. The van der Waals surface area contributed by atoms with Crippen molar-refractivity contribution in [2.75, 3.05) is 6.61 Å². The predicted octanol–water partition coefficient (Wildman–Crippen LogP) is 1.35. The second kappa shape index (κ2) is 2.12. The second-order valence-corrected chi connectivity index (χ2v) is 1.82. The van der Waals surface area contributed by atoms with Crippen LogP contribution >= 0.6 is 0 Å². The zero-order valence-corrected chi connectivity index (χ0v) is 4.39. The molecule has 1 aliphatic carbocycles. The van der Waals surface area contributed by atoms with Crippen LogP contribution in [0.15, 0.2) is 12.7 Å². The summed E-state index contributed by atoms with van der Waals surface area (Å²) in [7, 11) is 0. The van der Waals surface area contributed by atoms with Gasteiger partial charge in [-0.1, -0.05) is 6.08 Å². The maximum atomic E-state index is 5.18. The Balaban J connectivity index is 1.88. The van der Waals surface area contributed by atoms with Crippen LogP contribution in [0.3, 0.4) is 0 Å². The van der Waals surface area contributed by atoms with Crippen LogP contribution in [-0.2, 0) is 4.74 Å². The van der Waals surface area contributed by atoms with Gasteiger partial charge in [0.25, 0.3) is 0 Å². The first-order valence-corrected chi connectivity index (χ1v) is 2.66. The summed E-state index contributed by atoms with van der Waals surface area (Å²) in [4.78, 5) is 0. The highest BCUT2D eigenvalue weighted by atomic mass is 16.5. The van der Waals surface area contributed by atoms with E-state index >= 15 is 0 Å². The lowest BCUT2D eigenvalue weighted by Crippen LogP contribution is -1.90. The Bertz CT molecular complexity index is 64.6. The van der Waals surface area contributed by atoms with E-state index in [0.29, 0.717) is 6.10 Å². The molecule has 0 heterocycles. The lowest BCUT2D eigenvalue weighted by molar-refractivity contribution is 0.147. The van der Waals surface area contributed by atoms with E-state index in [2.05, 4.69) is 6.58 Å². The van der Waals surface area contributed by atoms with Crippen molar-refractivity contribution in [2.24, 2.45) is 0 Å². The van der Waals surface area contributed by atoms with Gasteiger partial charge in [0, 0.05) is 0 Å². The Hall–Kier alpha value is -0.300. The molecule has 0 spiro atoms. The lowest BCUT2D eigenvalue weighted by atomic mass is 10.7. The summed E-state index contributed by atoms with van der Waals surface area (Å²) in [5, 5.41) is 0. The van der Waals surface area contributed by atoms with Gasteiger partial charge >= 0.3 is 0 Å². The third-order valence-electron chi connectivity index (χ3n) is 0.974. The second-order valence-electron chi connectivity index (χ2n) is 1.82. The van der Waals surface area contributed by atoms with Crippen LogP contribution in [0.1, 0.15) is 12.8 Å². The van der Waals surface area contributed by atoms with E-state index in [9.17, 15) is 0 Å². The van der Waals surface area contributed by atoms with Gasteiger partial charge in [-0.05, 0) is 12.8 Å². The van der Waals surface area contributed by atoms with Crippen molar-refractivity contribution < 1.29 is 4.74 Å². The molecule has 7 heavy (non-hydrogen) atoms. The summed E-state index contributed by atoms with van der Waals surface area (Å²) in [5.41, 5.74) is 0. The largest absolute Gasteiger partial charge is 0.374 e. The van der Waals surface area contributed by atoms with Gasteiger partial charge in [0.15, 0.2) is 0 Å². The van der Waals surface area contributed by atoms with Gasteiger partial charge < -0.3 is 4.74 Å². The van der Waals surface area contributed by atoms with Crippen LogP contribution < -0.4 is 0 Å². The highest BCUT2D eigenvalue weighted by molar-refractivity contribution is 4.75. The first-order chi connectivity index (χ1) is 3.43. The van der Waals surface area contributed by atoms with Crippen LogP contribution in [0, 0.1) is 0 Å². The van der Waals surface area contributed by atoms with Crippen molar-refractivity contribution in [3.8, 4) is 0 Å². The molecule has 0 atom stereocenters. The van der Waals surface area contributed by atoms with Crippen molar-refractivity contribution in [2.45, 2.75) is 18.9 Å². The summed E-state index contributed by atoms with van der Waals surface area (Å²) in [6.45, 7) is 4.26. The Morgan fingerprint density at radius 3 is 2.86 bits per heavy atom. The van der Waals surface area contributed by atoms with Crippen LogP contribution in [0.4, 0.5) is 0 Å². The molecule has 0 aromatic heterocycles. The fraction of sp³-hybridized carbons (Fsp3) is 0.667. The zero-order valence-electron chi connectivity index (χ0n) is 4.39. The minimum Gasteiger partial charge on any atom is -0.374 e. The van der Waals surface area contributed by atoms with Gasteiger partial charge in [-0.2, -0.15) is 0 Å². The van der Waals surface area contributed by atoms with E-state index in [-0.39, 0.29) is 0 Å². The third-order valence-corrected chi connectivity index (χ3v) is 0.974. The molecule has 40 valence electrons. The van der Waals surface area contributed by atoms with Crippen LogP contribution in [0.5, 0.6) is 0 Å². The molecule has 0 radical (unpaired) electrons. The number of rotatable bonds is 3. The summed E-state index contributed by atoms with van der Waals surface area (Å²) in [6.07, 6.45) is 4.89. The van der Waals surface area contributed by atoms with E-state index in [1.54, 1.807) is 6.08 Å². The average Bonchev–Trinajstić information content (AvgIpc) is 2.42. The van der Waals surface area contributed by atoms with Gasteiger partial charge in [-0.15, -0.1) is 6.58 Å². The Kier molecular flexibility index (Phi) is 1.47. The van der Waals surface area contributed by atoms with Gasteiger partial charge in [0.2, 0.25) is 0 Å². The molecule has 1 nitrogen and oxygen atoms in total. The van der Waals surface area contributed by atoms with Gasteiger partial charge in [0.05, 0.1) is 12.7 Å². The summed E-state index contributed by atoms with van der Waals surface area (Å²) in [6, 6.07) is 0. The van der Waals surface area contributed by atoms with E-state index in [0.717, 1.165) is 6.61 Å². The monoisotopic (exact) mass is 98.1 g/mol. The maximum Gasteiger partial charge on any atom is 0.0648 e. The molecule has 1 heteroatoms. The Morgan fingerprint density at radius 1 is 1.71 bits per heavy atom. The van der Waals surface area contributed by atoms with Crippen LogP contribution in [-0.4, -0.2) is 12.7 Å². The normalized spacial score (nSPS) is 19.4. The molecule has 1 rings (SSSR count). The molecule has 1 saturated carbocycles. The highest BCUT2D eigenvalue weighted by Crippen LogP contribution is 2.22. The molecule has 0 unspecified atom stereocenters. The minimum absolute atomic E-state index is 0.581. The van der Waals surface area contributed by atoms with E-state index in [1.165, 1.54) is 12.8 Å². The molecule has 0 aromatic carbocycles. The highest BCUT2D eigenvalue weighted by Gasteiger charge is 2.20. The molecule has 1 fully saturated rings. The molecular weight excluding hydrogens is 88.1 g/mol. The van der Waals surface area contributed by atoms with Crippen molar-refractivity contribution in [3.63, 3.8) is 0 Å². The first-order valence-electron chi connectivity index (χ1n) is 2.66. The molecule has 0 aromatic rings. The summed E-state index contributed by atoms with van der Waals surface area (Å²) < 4.78 is 5.18. The van der Waals surface area contributed by atoms with Crippen molar-refractivity contribution in [1.29, 1.82) is 0 Å². The molecule has 0 N–H and O–H groups in total. The van der Waals surface area contributed by atoms with Gasteiger partial charge in [0.1, 0.15) is 0 Å². The number of hydrogen-bond acceptors (Lipinski definition) is 1. The fourth-order valence-corrected chi connectivity index (χ4v) is 0.439. The smallest absolute Gasteiger partial charge is 0.0648 e. The Morgan fingerprint density at radius 2 is 2.43 bits per heavy atom. The fourth-order valence-electron chi connectivity index (χ4n) is 0.439. The van der Waals surface area contributed by atoms with Crippen molar-refractivity contribution in [3.05, 3.63) is 12.7 Å². The molecule has 0 aliphatic heterocycles. The third kappa shape index (κ3) is 1.74. The lowest BCUT2D eigenvalue weighted by Gasteiger charge is -1.91. The van der Waals surface area contributed by atoms with Gasteiger partial charge in [-0.3, -0.25) is 0 Å². The van der Waals surface area contributed by atoms with Crippen molar-refractivity contribution in [1.82, 2.24) is 0 Å². The quantitative estimate of drug-likeness (QED) is 0.484. The summed E-state index contributed by atoms with van der Waals surface area (Å²) >= 11 is 0. The number of ether oxygens (including phenoxy) is 1. The predicted molar refractivity (Wildman–Crippen MR) is 29.2 cm³/mol. The molecule has 0 saturated heterocycles. The zero-order chi connectivity index (χ0) is 5.11. The maximum absolute atomic E-state index is 5.18. The molecular formula is C6H10O. The Labute approximate surface area is 44.0 Å². The van der Waals surface area contributed by atoms with Gasteiger partial charge in [-0.25, -0.2) is 0 Å². The first kappa shape index (κ1) is 4.85. The molecule has 1 aliphatic rings. The van der Waals surface area contributed by atoms with Crippen LogP contribution in [0.25, 0.3) is 0 Å². The topological polar surface area (TPSA) is 9.23 Å². The molecule has 0 amide bonds. The average molecular weight is 98.1 g/mol.